The van der Waals surface area contributed by atoms with Crippen molar-refractivity contribution in [2.75, 3.05) is 14.1 Å². The fourth-order valence-electron chi connectivity index (χ4n) is 7.97. The number of aliphatic hydroxyl groups excluding tert-OH is 1. The summed E-state index contributed by atoms with van der Waals surface area (Å²) in [5.74, 6) is 1.36. The first kappa shape index (κ1) is 29.9. The molecular weight excluding hydrogens is 526 g/mol. The Kier molecular flexibility index (Phi) is 8.76. The normalized spacial score (nSPS) is 27.8. The number of nitrogens with zero attached hydrogens (tertiary/aromatic N) is 1. The van der Waals surface area contributed by atoms with Crippen LogP contribution in [0.5, 0.6) is 5.75 Å². The van der Waals surface area contributed by atoms with Crippen molar-refractivity contribution in [3.8, 4) is 5.75 Å². The Bertz CT molecular complexity index is 1340. The Hall–Kier alpha value is -3.61. The van der Waals surface area contributed by atoms with E-state index in [-0.39, 0.29) is 16.9 Å². The van der Waals surface area contributed by atoms with Gasteiger partial charge in [-0.3, -0.25) is 0 Å². The number of carbonyl (C=O) groups is 1. The number of ether oxygens (including phenoxy) is 1. The molecule has 42 heavy (non-hydrogen) atoms. The standard InChI is InChI=1S/C18H20.C17H21NO2.CH2O3/c1-4-10-16(11-5-1)18(14-8-3-9-15-18)17-12-6-2-7-13-17;1-17-11-7-8-13(19)16(17)20-14-6-4-5-10(15(14)17)9-12(11)18(2)3;2-1(3)4/h1-2,4-7,10-13H,3,8-9,14-15H2;4-8,11-13,16,19H,9H2,1-3H3;(H2,2,3,4). The molecule has 4 aliphatic rings. The Balaban J connectivity index is 0.000000150. The average molecular weight is 570 g/mol. The van der Waals surface area contributed by atoms with Gasteiger partial charge in [0, 0.05) is 28.4 Å². The molecule has 6 heteroatoms. The summed E-state index contributed by atoms with van der Waals surface area (Å²) in [4.78, 5) is 10.9. The summed E-state index contributed by atoms with van der Waals surface area (Å²) in [7, 11) is 4.29. The van der Waals surface area contributed by atoms with E-state index in [1.54, 1.807) is 0 Å². The Morgan fingerprint density at radius 3 is 1.95 bits per heavy atom. The topological polar surface area (TPSA) is 90.2 Å². The predicted octanol–water partition coefficient (Wildman–Crippen LogP) is 6.90. The first-order valence-corrected chi connectivity index (χ1v) is 15.0. The molecule has 1 aliphatic heterocycles. The summed E-state index contributed by atoms with van der Waals surface area (Å²) in [6, 6.07) is 28.9. The summed E-state index contributed by atoms with van der Waals surface area (Å²) in [6.07, 6.45) is 9.35. The van der Waals surface area contributed by atoms with Crippen LogP contribution >= 0.6 is 0 Å². The number of aliphatic hydroxyl groups is 1. The average Bonchev–Trinajstić information content (AvgIpc) is 3.32. The van der Waals surface area contributed by atoms with Gasteiger partial charge in [0.1, 0.15) is 18.0 Å². The molecule has 5 unspecified atom stereocenters. The van der Waals surface area contributed by atoms with Gasteiger partial charge in [0.15, 0.2) is 0 Å². The van der Waals surface area contributed by atoms with E-state index in [1.165, 1.54) is 54.4 Å². The fraction of sp³-hybridized carbons (Fsp3) is 0.417. The van der Waals surface area contributed by atoms with Gasteiger partial charge in [0.2, 0.25) is 0 Å². The van der Waals surface area contributed by atoms with Crippen molar-refractivity contribution in [3.05, 3.63) is 113 Å². The van der Waals surface area contributed by atoms with E-state index in [2.05, 4.69) is 105 Å². The number of hydrogen-bond donors (Lipinski definition) is 3. The van der Waals surface area contributed by atoms with Crippen molar-refractivity contribution >= 4 is 6.16 Å². The molecule has 3 aromatic rings. The van der Waals surface area contributed by atoms with Crippen LogP contribution in [0.3, 0.4) is 0 Å². The third kappa shape index (κ3) is 5.46. The summed E-state index contributed by atoms with van der Waals surface area (Å²) in [5.41, 5.74) is 5.85. The van der Waals surface area contributed by atoms with Crippen LogP contribution in [0.2, 0.25) is 0 Å². The lowest BCUT2D eigenvalue weighted by atomic mass is 9.57. The van der Waals surface area contributed by atoms with Crippen molar-refractivity contribution in [1.82, 2.24) is 4.90 Å². The monoisotopic (exact) mass is 569 g/mol. The third-order valence-corrected chi connectivity index (χ3v) is 9.88. The van der Waals surface area contributed by atoms with E-state index in [1.807, 2.05) is 12.1 Å². The quantitative estimate of drug-likeness (QED) is 0.298. The first-order chi connectivity index (χ1) is 20.2. The van der Waals surface area contributed by atoms with E-state index < -0.39 is 12.3 Å². The van der Waals surface area contributed by atoms with Crippen molar-refractivity contribution in [2.45, 2.75) is 74.5 Å². The van der Waals surface area contributed by atoms with Crippen molar-refractivity contribution in [3.63, 3.8) is 0 Å². The molecule has 0 spiro atoms. The van der Waals surface area contributed by atoms with Gasteiger partial charge in [-0.2, -0.15) is 0 Å². The van der Waals surface area contributed by atoms with Crippen molar-refractivity contribution < 1.29 is 24.9 Å². The molecule has 6 nitrogen and oxygen atoms in total. The molecule has 3 N–H and O–H groups in total. The minimum atomic E-state index is -1.83. The smallest absolute Gasteiger partial charge is 0.486 e. The first-order valence-electron chi connectivity index (χ1n) is 15.0. The van der Waals surface area contributed by atoms with E-state index in [0.717, 1.165) is 12.2 Å². The maximum atomic E-state index is 10.3. The van der Waals surface area contributed by atoms with Crippen LogP contribution in [0.4, 0.5) is 4.79 Å². The second-order valence-corrected chi connectivity index (χ2v) is 12.4. The van der Waals surface area contributed by atoms with Crippen LogP contribution in [0.1, 0.15) is 61.3 Å². The molecule has 0 radical (unpaired) electrons. The molecular formula is C36H43NO5. The molecule has 3 aliphatic carbocycles. The second kappa shape index (κ2) is 12.3. The van der Waals surface area contributed by atoms with Gasteiger partial charge in [-0.15, -0.1) is 0 Å². The van der Waals surface area contributed by atoms with Gasteiger partial charge >= 0.3 is 6.16 Å². The molecule has 0 amide bonds. The zero-order chi connectivity index (χ0) is 29.9. The zero-order valence-corrected chi connectivity index (χ0v) is 24.8. The number of carboxylic acid groups (broad SMARTS) is 2. The lowest BCUT2D eigenvalue weighted by molar-refractivity contribution is -0.00463. The lowest BCUT2D eigenvalue weighted by Crippen LogP contribution is -2.58. The molecule has 5 atom stereocenters. The van der Waals surface area contributed by atoms with Gasteiger partial charge in [0.05, 0.1) is 0 Å². The van der Waals surface area contributed by atoms with Gasteiger partial charge in [-0.25, -0.2) is 4.79 Å². The minimum absolute atomic E-state index is 0.118. The van der Waals surface area contributed by atoms with Gasteiger partial charge in [0.25, 0.3) is 0 Å². The molecule has 1 saturated carbocycles. The van der Waals surface area contributed by atoms with E-state index in [0.29, 0.717) is 12.0 Å². The van der Waals surface area contributed by atoms with Crippen LogP contribution < -0.4 is 4.74 Å². The highest BCUT2D eigenvalue weighted by molar-refractivity contribution is 5.55. The summed E-state index contributed by atoms with van der Waals surface area (Å²) in [6.45, 7) is 2.26. The molecule has 3 aromatic carbocycles. The van der Waals surface area contributed by atoms with E-state index in [4.69, 9.17) is 19.7 Å². The highest BCUT2D eigenvalue weighted by Gasteiger charge is 2.59. The largest absolute Gasteiger partial charge is 0.503 e. The van der Waals surface area contributed by atoms with Crippen LogP contribution in [0.15, 0.2) is 91.0 Å². The SMILES string of the molecule is CN(C)C1Cc2cccc3c2C2(C)C1C=CC(O)C2O3.O=C(O)O.c1ccc(C2(c3ccccc3)CCCCC2)cc1. The van der Waals surface area contributed by atoms with Crippen molar-refractivity contribution in [2.24, 2.45) is 5.92 Å². The Morgan fingerprint density at radius 1 is 0.833 bits per heavy atom. The lowest BCUT2D eigenvalue weighted by Gasteiger charge is -2.50. The van der Waals surface area contributed by atoms with Gasteiger partial charge in [-0.1, -0.05) is 111 Å². The highest BCUT2D eigenvalue weighted by Crippen LogP contribution is 2.56. The van der Waals surface area contributed by atoms with Crippen LogP contribution in [0.25, 0.3) is 0 Å². The fourth-order valence-corrected chi connectivity index (χ4v) is 7.97. The zero-order valence-electron chi connectivity index (χ0n) is 24.8. The van der Waals surface area contributed by atoms with Crippen LogP contribution in [0, 0.1) is 5.92 Å². The van der Waals surface area contributed by atoms with Gasteiger partial charge in [-0.05, 0) is 56.1 Å². The third-order valence-electron chi connectivity index (χ3n) is 9.88. The van der Waals surface area contributed by atoms with Crippen LogP contribution in [-0.4, -0.2) is 58.7 Å². The maximum Gasteiger partial charge on any atom is 0.503 e. The van der Waals surface area contributed by atoms with E-state index in [9.17, 15) is 5.11 Å². The molecule has 0 aromatic heterocycles. The number of likely N-dealkylation sites (N-methyl/N-ethyl adjacent to an activating group) is 1. The van der Waals surface area contributed by atoms with Gasteiger partial charge < -0.3 is 25.0 Å². The highest BCUT2D eigenvalue weighted by atomic mass is 16.6. The molecule has 1 fully saturated rings. The molecule has 222 valence electrons. The van der Waals surface area contributed by atoms with Crippen molar-refractivity contribution in [1.29, 1.82) is 0 Å². The Labute approximate surface area is 249 Å². The number of rotatable bonds is 3. The van der Waals surface area contributed by atoms with E-state index >= 15 is 0 Å². The van der Waals surface area contributed by atoms with Crippen LogP contribution in [-0.2, 0) is 17.3 Å². The minimum Gasteiger partial charge on any atom is -0.486 e. The Morgan fingerprint density at radius 2 is 1.40 bits per heavy atom. The number of benzene rings is 3. The summed E-state index contributed by atoms with van der Waals surface area (Å²) < 4.78 is 6.13. The molecule has 0 bridgehead atoms. The predicted molar refractivity (Wildman–Crippen MR) is 165 cm³/mol. The summed E-state index contributed by atoms with van der Waals surface area (Å²) >= 11 is 0. The second-order valence-electron chi connectivity index (χ2n) is 12.4. The maximum absolute atomic E-state index is 10.3. The summed E-state index contributed by atoms with van der Waals surface area (Å²) in [5, 5.41) is 24.3. The molecule has 7 rings (SSSR count). The molecule has 0 saturated heterocycles. The number of hydrogen-bond acceptors (Lipinski definition) is 4. The molecule has 1 heterocycles.